The monoisotopic (exact) mass is 350 g/mol. The molecule has 0 spiro atoms. The van der Waals surface area contributed by atoms with Crippen molar-refractivity contribution in [2.24, 2.45) is 5.73 Å². The molecular formula is C22H26N2O2. The Labute approximate surface area is 155 Å². The second-order valence-corrected chi connectivity index (χ2v) is 7.49. The molecule has 0 saturated carbocycles. The van der Waals surface area contributed by atoms with Gasteiger partial charge in [-0.05, 0) is 42.4 Å². The molecule has 1 aliphatic heterocycles. The Morgan fingerprint density at radius 1 is 1.08 bits per heavy atom. The molecule has 136 valence electrons. The van der Waals surface area contributed by atoms with Gasteiger partial charge in [0.2, 0.25) is 0 Å². The average Bonchev–Trinajstić information content (AvgIpc) is 3.03. The van der Waals surface area contributed by atoms with Gasteiger partial charge in [-0.25, -0.2) is 4.79 Å². The lowest BCUT2D eigenvalue weighted by atomic mass is 9.93. The summed E-state index contributed by atoms with van der Waals surface area (Å²) < 4.78 is 5.84. The van der Waals surface area contributed by atoms with Gasteiger partial charge in [-0.2, -0.15) is 0 Å². The number of nitrogens with two attached hydrogens (primary N) is 1. The molecule has 1 aliphatic carbocycles. The second kappa shape index (κ2) is 7.22. The summed E-state index contributed by atoms with van der Waals surface area (Å²) in [5, 5.41) is 0. The summed E-state index contributed by atoms with van der Waals surface area (Å²) in [4.78, 5) is 15.2. The number of ether oxygens (including phenoxy) is 1. The molecule has 4 nitrogen and oxygen atoms in total. The lowest BCUT2D eigenvalue weighted by Crippen LogP contribution is -2.47. The maximum Gasteiger partial charge on any atom is 0.331 e. The Morgan fingerprint density at radius 2 is 1.77 bits per heavy atom. The summed E-state index contributed by atoms with van der Waals surface area (Å²) in [5.74, 6) is -0.260. The summed E-state index contributed by atoms with van der Waals surface area (Å²) in [7, 11) is 0. The number of fused-ring (bicyclic) bond motifs is 1. The molecule has 0 aromatic heterocycles. The van der Waals surface area contributed by atoms with E-state index in [1.165, 1.54) is 11.1 Å². The van der Waals surface area contributed by atoms with E-state index in [4.69, 9.17) is 10.5 Å². The minimum Gasteiger partial charge on any atom is -0.461 e. The molecule has 26 heavy (non-hydrogen) atoms. The quantitative estimate of drug-likeness (QED) is 0.862. The molecule has 1 atom stereocenters. The van der Waals surface area contributed by atoms with E-state index in [0.29, 0.717) is 6.42 Å². The highest BCUT2D eigenvalue weighted by molar-refractivity contribution is 5.84. The van der Waals surface area contributed by atoms with Crippen molar-refractivity contribution in [1.82, 2.24) is 4.90 Å². The smallest absolute Gasteiger partial charge is 0.331 e. The zero-order chi connectivity index (χ0) is 18.0. The van der Waals surface area contributed by atoms with E-state index in [9.17, 15) is 4.79 Å². The first-order valence-corrected chi connectivity index (χ1v) is 9.50. The van der Waals surface area contributed by atoms with Gasteiger partial charge >= 0.3 is 5.97 Å². The first-order valence-electron chi connectivity index (χ1n) is 9.50. The van der Waals surface area contributed by atoms with Gasteiger partial charge in [-0.3, -0.25) is 4.90 Å². The summed E-state index contributed by atoms with van der Waals surface area (Å²) in [6, 6.07) is 18.5. The van der Waals surface area contributed by atoms with Crippen LogP contribution in [0.1, 0.15) is 36.0 Å². The largest absolute Gasteiger partial charge is 0.461 e. The van der Waals surface area contributed by atoms with Crippen molar-refractivity contribution >= 4 is 5.97 Å². The molecule has 1 saturated heterocycles. The maximum absolute atomic E-state index is 12.8. The van der Waals surface area contributed by atoms with Crippen LogP contribution in [-0.4, -0.2) is 30.1 Å². The Balaban J connectivity index is 1.33. The van der Waals surface area contributed by atoms with Gasteiger partial charge in [-0.15, -0.1) is 0 Å². The highest BCUT2D eigenvalue weighted by Crippen LogP contribution is 2.36. The fraction of sp³-hybridized carbons (Fsp3) is 0.409. The van der Waals surface area contributed by atoms with E-state index in [-0.39, 0.29) is 12.1 Å². The number of hydrogen-bond donors (Lipinski definition) is 1. The molecule has 0 bridgehead atoms. The fourth-order valence-corrected chi connectivity index (χ4v) is 4.14. The van der Waals surface area contributed by atoms with Crippen molar-refractivity contribution in [3.8, 4) is 0 Å². The zero-order valence-corrected chi connectivity index (χ0v) is 15.1. The first kappa shape index (κ1) is 17.3. The van der Waals surface area contributed by atoms with Crippen LogP contribution in [0.15, 0.2) is 54.6 Å². The summed E-state index contributed by atoms with van der Waals surface area (Å²) in [6.45, 7) is 2.84. The van der Waals surface area contributed by atoms with Crippen LogP contribution in [0.25, 0.3) is 0 Å². The van der Waals surface area contributed by atoms with E-state index in [2.05, 4.69) is 35.2 Å². The summed E-state index contributed by atoms with van der Waals surface area (Å²) in [5.41, 5.74) is 8.93. The highest BCUT2D eigenvalue weighted by atomic mass is 16.5. The fourth-order valence-electron chi connectivity index (χ4n) is 4.14. The molecule has 0 amide bonds. The van der Waals surface area contributed by atoms with Crippen LogP contribution in [0, 0.1) is 0 Å². The zero-order valence-electron chi connectivity index (χ0n) is 15.1. The van der Waals surface area contributed by atoms with Crippen LogP contribution in [0.5, 0.6) is 0 Å². The molecule has 1 unspecified atom stereocenters. The van der Waals surface area contributed by atoms with Crippen LogP contribution >= 0.6 is 0 Å². The minimum absolute atomic E-state index is 0.0253. The molecule has 0 radical (unpaired) electrons. The molecule has 1 heterocycles. The number of piperidine rings is 1. The van der Waals surface area contributed by atoms with Crippen LogP contribution in [0.3, 0.4) is 0 Å². The third kappa shape index (κ3) is 3.39. The number of carbonyl (C=O) groups is 1. The van der Waals surface area contributed by atoms with Gasteiger partial charge in [0.15, 0.2) is 0 Å². The Bertz CT molecular complexity index is 769. The number of rotatable bonds is 4. The number of benzene rings is 2. The summed E-state index contributed by atoms with van der Waals surface area (Å²) >= 11 is 0. The number of nitrogens with zero attached hydrogens (tertiary/aromatic N) is 1. The predicted molar refractivity (Wildman–Crippen MR) is 101 cm³/mol. The number of esters is 1. The normalized spacial score (nSPS) is 23.6. The molecule has 4 heteroatoms. The van der Waals surface area contributed by atoms with Crippen molar-refractivity contribution in [2.75, 3.05) is 13.1 Å². The standard InChI is InChI=1S/C22H26N2O2/c23-22(13-10-18-8-4-5-9-20(18)22)21(25)26-19-11-14-24(15-12-19)16-17-6-2-1-3-7-17/h1-9,19H,10-16,23H2. The van der Waals surface area contributed by atoms with Gasteiger partial charge in [-0.1, -0.05) is 54.6 Å². The number of hydrogen-bond acceptors (Lipinski definition) is 4. The van der Waals surface area contributed by atoms with Crippen molar-refractivity contribution in [3.63, 3.8) is 0 Å². The molecule has 4 rings (SSSR count). The molecule has 2 aromatic carbocycles. The molecule has 1 fully saturated rings. The first-order chi connectivity index (χ1) is 12.6. The number of carbonyl (C=O) groups excluding carboxylic acids is 1. The van der Waals surface area contributed by atoms with Gasteiger partial charge in [0.05, 0.1) is 0 Å². The Hall–Kier alpha value is -2.17. The van der Waals surface area contributed by atoms with Crippen molar-refractivity contribution in [1.29, 1.82) is 0 Å². The molecule has 2 aliphatic rings. The molecule has 2 aromatic rings. The molecular weight excluding hydrogens is 324 g/mol. The van der Waals surface area contributed by atoms with Crippen LogP contribution in [0.2, 0.25) is 0 Å². The lowest BCUT2D eigenvalue weighted by Gasteiger charge is -2.33. The van der Waals surface area contributed by atoms with Crippen molar-refractivity contribution in [2.45, 2.75) is 43.9 Å². The third-order valence-electron chi connectivity index (χ3n) is 5.71. The Kier molecular flexibility index (Phi) is 4.79. The van der Waals surface area contributed by atoms with Crippen LogP contribution in [0.4, 0.5) is 0 Å². The topological polar surface area (TPSA) is 55.6 Å². The SMILES string of the molecule is NC1(C(=O)OC2CCN(Cc3ccccc3)CC2)CCc2ccccc21. The van der Waals surface area contributed by atoms with E-state index in [1.54, 1.807) is 0 Å². The average molecular weight is 350 g/mol. The van der Waals surface area contributed by atoms with Crippen LogP contribution in [-0.2, 0) is 28.0 Å². The summed E-state index contributed by atoms with van der Waals surface area (Å²) in [6.07, 6.45) is 3.20. The van der Waals surface area contributed by atoms with Gasteiger partial charge < -0.3 is 10.5 Å². The molecule has 2 N–H and O–H groups in total. The third-order valence-corrected chi connectivity index (χ3v) is 5.71. The van der Waals surface area contributed by atoms with Crippen molar-refractivity contribution in [3.05, 3.63) is 71.3 Å². The van der Waals surface area contributed by atoms with E-state index < -0.39 is 5.54 Å². The van der Waals surface area contributed by atoms with E-state index in [0.717, 1.165) is 44.5 Å². The van der Waals surface area contributed by atoms with Crippen LogP contribution < -0.4 is 5.73 Å². The Morgan fingerprint density at radius 3 is 2.54 bits per heavy atom. The van der Waals surface area contributed by atoms with Gasteiger partial charge in [0, 0.05) is 19.6 Å². The van der Waals surface area contributed by atoms with E-state index in [1.807, 2.05) is 24.3 Å². The lowest BCUT2D eigenvalue weighted by molar-refractivity contribution is -0.158. The number of aryl methyl sites for hydroxylation is 1. The number of likely N-dealkylation sites (tertiary alicyclic amines) is 1. The second-order valence-electron chi connectivity index (χ2n) is 7.49. The predicted octanol–water partition coefficient (Wildman–Crippen LogP) is 2.99. The van der Waals surface area contributed by atoms with Crippen molar-refractivity contribution < 1.29 is 9.53 Å². The van der Waals surface area contributed by atoms with E-state index >= 15 is 0 Å². The van der Waals surface area contributed by atoms with Gasteiger partial charge in [0.25, 0.3) is 0 Å². The highest BCUT2D eigenvalue weighted by Gasteiger charge is 2.44. The maximum atomic E-state index is 12.8. The van der Waals surface area contributed by atoms with Gasteiger partial charge in [0.1, 0.15) is 11.6 Å². The minimum atomic E-state index is -0.974.